The average Bonchev–Trinajstić information content (AvgIpc) is 2.92. The van der Waals surface area contributed by atoms with E-state index in [1.54, 1.807) is 30.3 Å². The molecule has 0 radical (unpaired) electrons. The minimum absolute atomic E-state index is 0.0115. The lowest BCUT2D eigenvalue weighted by molar-refractivity contribution is -0.137. The SMILES string of the molecule is O=C(O)C1=CCCN(CC2=Cc3ccc(OCc4ccc(N5CCCCC5)c(C(F)(F)F)c4)cc3OC2)C1. The molecule has 3 heterocycles. The molecule has 3 aliphatic rings. The first kappa shape index (κ1) is 26.2. The summed E-state index contributed by atoms with van der Waals surface area (Å²) in [5.74, 6) is 0.281. The van der Waals surface area contributed by atoms with Crippen molar-refractivity contribution in [3.63, 3.8) is 0 Å². The third kappa shape index (κ3) is 6.15. The molecule has 0 aromatic heterocycles. The third-order valence-corrected chi connectivity index (χ3v) is 7.16. The minimum Gasteiger partial charge on any atom is -0.489 e. The maximum atomic E-state index is 13.8. The number of carbonyl (C=O) groups is 1. The summed E-state index contributed by atoms with van der Waals surface area (Å²) < 4.78 is 53.3. The van der Waals surface area contributed by atoms with Crippen molar-refractivity contribution < 1.29 is 32.5 Å². The van der Waals surface area contributed by atoms with Crippen LogP contribution in [0.25, 0.3) is 6.08 Å². The van der Waals surface area contributed by atoms with Gasteiger partial charge in [-0.2, -0.15) is 13.2 Å². The molecule has 0 bridgehead atoms. The van der Waals surface area contributed by atoms with Gasteiger partial charge in [0.25, 0.3) is 0 Å². The Morgan fingerprint density at radius 2 is 1.87 bits per heavy atom. The van der Waals surface area contributed by atoms with Gasteiger partial charge in [0.2, 0.25) is 0 Å². The summed E-state index contributed by atoms with van der Waals surface area (Å²) in [6.45, 7) is 3.50. The van der Waals surface area contributed by atoms with Crippen molar-refractivity contribution in [1.82, 2.24) is 4.90 Å². The van der Waals surface area contributed by atoms with E-state index in [2.05, 4.69) is 4.90 Å². The van der Waals surface area contributed by atoms with Gasteiger partial charge in [-0.15, -0.1) is 0 Å². The van der Waals surface area contributed by atoms with Crippen molar-refractivity contribution in [2.24, 2.45) is 0 Å². The van der Waals surface area contributed by atoms with Crippen LogP contribution in [0.1, 0.15) is 42.4 Å². The average molecular weight is 529 g/mol. The Morgan fingerprint density at radius 3 is 2.63 bits per heavy atom. The van der Waals surface area contributed by atoms with Gasteiger partial charge in [-0.05, 0) is 67.2 Å². The van der Waals surface area contributed by atoms with Crippen LogP contribution in [-0.2, 0) is 17.6 Å². The van der Waals surface area contributed by atoms with E-state index in [9.17, 15) is 23.1 Å². The highest BCUT2D eigenvalue weighted by molar-refractivity contribution is 5.87. The lowest BCUT2D eigenvalue weighted by Gasteiger charge is -2.31. The summed E-state index contributed by atoms with van der Waals surface area (Å²) in [5, 5.41) is 9.25. The maximum Gasteiger partial charge on any atom is 0.418 e. The maximum absolute atomic E-state index is 13.8. The molecule has 38 heavy (non-hydrogen) atoms. The molecule has 202 valence electrons. The van der Waals surface area contributed by atoms with Crippen LogP contribution < -0.4 is 14.4 Å². The molecule has 1 saturated heterocycles. The Balaban J connectivity index is 1.23. The molecule has 1 fully saturated rings. The smallest absolute Gasteiger partial charge is 0.418 e. The van der Waals surface area contributed by atoms with Gasteiger partial charge in [-0.3, -0.25) is 4.90 Å². The van der Waals surface area contributed by atoms with Gasteiger partial charge < -0.3 is 19.5 Å². The van der Waals surface area contributed by atoms with E-state index < -0.39 is 17.7 Å². The molecule has 0 atom stereocenters. The second-order valence-corrected chi connectivity index (χ2v) is 10.0. The standard InChI is InChI=1S/C29H31F3N2O4/c30-29(31,32)25-14-20(6-9-26(25)34-11-2-1-3-12-34)18-37-24-8-7-22-13-21(19-38-27(22)15-24)16-33-10-4-5-23(17-33)28(35)36/h5-9,13-15H,1-4,10-12,16-19H2,(H,35,36). The van der Waals surface area contributed by atoms with E-state index in [1.165, 1.54) is 6.07 Å². The zero-order valence-corrected chi connectivity index (χ0v) is 21.1. The van der Waals surface area contributed by atoms with E-state index in [0.717, 1.165) is 36.9 Å². The summed E-state index contributed by atoms with van der Waals surface area (Å²) in [5.41, 5.74) is 2.42. The zero-order chi connectivity index (χ0) is 26.7. The molecular formula is C29H31F3N2O4. The molecule has 0 aliphatic carbocycles. The lowest BCUT2D eigenvalue weighted by Crippen LogP contribution is -2.34. The number of rotatable bonds is 7. The van der Waals surface area contributed by atoms with Crippen molar-refractivity contribution in [2.75, 3.05) is 44.2 Å². The van der Waals surface area contributed by atoms with E-state index in [-0.39, 0.29) is 12.3 Å². The Kier molecular flexibility index (Phi) is 7.65. The summed E-state index contributed by atoms with van der Waals surface area (Å²) in [6, 6.07) is 9.85. The van der Waals surface area contributed by atoms with Crippen LogP contribution in [-0.4, -0.2) is 55.3 Å². The molecule has 0 spiro atoms. The number of hydrogen-bond acceptors (Lipinski definition) is 5. The molecule has 0 unspecified atom stereocenters. The van der Waals surface area contributed by atoms with Gasteiger partial charge in [0.15, 0.2) is 0 Å². The van der Waals surface area contributed by atoms with Crippen molar-refractivity contribution >= 4 is 17.7 Å². The van der Waals surface area contributed by atoms with Crippen LogP contribution in [0, 0.1) is 0 Å². The quantitative estimate of drug-likeness (QED) is 0.493. The molecule has 2 aromatic rings. The predicted octanol–water partition coefficient (Wildman–Crippen LogP) is 5.77. The first-order chi connectivity index (χ1) is 18.3. The normalized spacial score (nSPS) is 18.2. The Morgan fingerprint density at radius 1 is 1.05 bits per heavy atom. The number of alkyl halides is 3. The van der Waals surface area contributed by atoms with E-state index in [0.29, 0.717) is 61.8 Å². The van der Waals surface area contributed by atoms with Gasteiger partial charge in [-0.1, -0.05) is 12.1 Å². The highest BCUT2D eigenvalue weighted by Gasteiger charge is 2.35. The summed E-state index contributed by atoms with van der Waals surface area (Å²) in [7, 11) is 0. The van der Waals surface area contributed by atoms with E-state index in [4.69, 9.17) is 9.47 Å². The van der Waals surface area contributed by atoms with Crippen LogP contribution in [0.15, 0.2) is 53.6 Å². The molecule has 6 nitrogen and oxygen atoms in total. The van der Waals surface area contributed by atoms with Gasteiger partial charge in [-0.25, -0.2) is 4.79 Å². The summed E-state index contributed by atoms with van der Waals surface area (Å²) in [4.78, 5) is 15.2. The monoisotopic (exact) mass is 528 g/mol. The van der Waals surface area contributed by atoms with Crippen LogP contribution in [0.3, 0.4) is 0 Å². The highest BCUT2D eigenvalue weighted by Crippen LogP contribution is 2.38. The van der Waals surface area contributed by atoms with Crippen LogP contribution >= 0.6 is 0 Å². The first-order valence-electron chi connectivity index (χ1n) is 12.9. The molecule has 1 N–H and O–H groups in total. The van der Waals surface area contributed by atoms with Crippen LogP contribution in [0.5, 0.6) is 11.5 Å². The number of benzene rings is 2. The fourth-order valence-electron chi connectivity index (χ4n) is 5.23. The van der Waals surface area contributed by atoms with E-state index in [1.807, 2.05) is 17.0 Å². The van der Waals surface area contributed by atoms with Crippen LogP contribution in [0.2, 0.25) is 0 Å². The van der Waals surface area contributed by atoms with Gasteiger partial charge in [0.1, 0.15) is 24.7 Å². The topological polar surface area (TPSA) is 62.2 Å². The Labute approximate surface area is 219 Å². The molecule has 9 heteroatoms. The van der Waals surface area contributed by atoms with Crippen molar-refractivity contribution in [1.29, 1.82) is 0 Å². The van der Waals surface area contributed by atoms with E-state index >= 15 is 0 Å². The summed E-state index contributed by atoms with van der Waals surface area (Å²) >= 11 is 0. The summed E-state index contributed by atoms with van der Waals surface area (Å²) in [6.07, 6.45) is 2.94. The van der Waals surface area contributed by atoms with Crippen molar-refractivity contribution in [3.8, 4) is 11.5 Å². The van der Waals surface area contributed by atoms with Crippen LogP contribution in [0.4, 0.5) is 18.9 Å². The molecule has 3 aliphatic heterocycles. The molecule has 0 amide bonds. The number of ether oxygens (including phenoxy) is 2. The number of halogens is 3. The number of hydrogen-bond donors (Lipinski definition) is 1. The number of anilines is 1. The molecule has 5 rings (SSSR count). The predicted molar refractivity (Wildman–Crippen MR) is 139 cm³/mol. The van der Waals surface area contributed by atoms with Crippen molar-refractivity contribution in [2.45, 2.75) is 38.5 Å². The Bertz CT molecular complexity index is 1250. The van der Waals surface area contributed by atoms with Gasteiger partial charge in [0.05, 0.1) is 5.56 Å². The molecule has 0 saturated carbocycles. The number of aliphatic carboxylic acids is 1. The van der Waals surface area contributed by atoms with Crippen molar-refractivity contribution in [3.05, 3.63) is 70.3 Å². The largest absolute Gasteiger partial charge is 0.489 e. The second-order valence-electron chi connectivity index (χ2n) is 10.0. The molecule has 2 aromatic carbocycles. The number of piperidine rings is 1. The van der Waals surface area contributed by atoms with Gasteiger partial charge >= 0.3 is 12.1 Å². The second kappa shape index (κ2) is 11.1. The zero-order valence-electron chi connectivity index (χ0n) is 21.1. The first-order valence-corrected chi connectivity index (χ1v) is 12.9. The lowest BCUT2D eigenvalue weighted by atomic mass is 10.0. The highest BCUT2D eigenvalue weighted by atomic mass is 19.4. The minimum atomic E-state index is -4.44. The Hall–Kier alpha value is -3.46. The number of carboxylic acids is 1. The van der Waals surface area contributed by atoms with Gasteiger partial charge in [0, 0.05) is 55.6 Å². The molecular weight excluding hydrogens is 497 g/mol. The fourth-order valence-corrected chi connectivity index (χ4v) is 5.23. The number of fused-ring (bicyclic) bond motifs is 1. The number of nitrogens with zero attached hydrogens (tertiary/aromatic N) is 2. The third-order valence-electron chi connectivity index (χ3n) is 7.16. The fraction of sp³-hybridized carbons (Fsp3) is 0.414. The number of carboxylic acid groups (broad SMARTS) is 1.